The normalized spacial score (nSPS) is 10.7. The molecule has 1 aromatic heterocycles. The van der Waals surface area contributed by atoms with Gasteiger partial charge in [-0.05, 0) is 49.2 Å². The lowest BCUT2D eigenvalue weighted by Crippen LogP contribution is -2.20. The lowest BCUT2D eigenvalue weighted by molar-refractivity contribution is -0.118. The minimum Gasteiger partial charge on any atom is -0.484 e. The second-order valence-electron chi connectivity index (χ2n) is 5.71. The van der Waals surface area contributed by atoms with E-state index in [0.717, 1.165) is 10.9 Å². The van der Waals surface area contributed by atoms with Gasteiger partial charge in [-0.15, -0.1) is 0 Å². The Bertz CT molecular complexity index is 1010. The van der Waals surface area contributed by atoms with E-state index in [9.17, 15) is 14.0 Å². The molecule has 2 aromatic carbocycles. The van der Waals surface area contributed by atoms with Crippen molar-refractivity contribution in [3.8, 4) is 5.75 Å². The molecule has 0 radical (unpaired) electrons. The van der Waals surface area contributed by atoms with E-state index >= 15 is 0 Å². The van der Waals surface area contributed by atoms with Crippen LogP contribution in [0.2, 0.25) is 0 Å². The second kappa shape index (κ2) is 6.76. The fourth-order valence-electron chi connectivity index (χ4n) is 2.41. The van der Waals surface area contributed by atoms with E-state index in [2.05, 4.69) is 5.32 Å². The van der Waals surface area contributed by atoms with Crippen molar-refractivity contribution in [3.05, 3.63) is 69.8 Å². The van der Waals surface area contributed by atoms with Gasteiger partial charge in [-0.2, -0.15) is 0 Å². The molecular formula is C19H16FNO4. The van der Waals surface area contributed by atoms with Crippen molar-refractivity contribution < 1.29 is 18.3 Å². The van der Waals surface area contributed by atoms with Crippen molar-refractivity contribution in [1.29, 1.82) is 0 Å². The van der Waals surface area contributed by atoms with Crippen LogP contribution in [-0.4, -0.2) is 12.5 Å². The molecule has 0 fully saturated rings. The Morgan fingerprint density at radius 2 is 1.92 bits per heavy atom. The fraction of sp³-hybridized carbons (Fsp3) is 0.158. The lowest BCUT2D eigenvalue weighted by Gasteiger charge is -2.09. The van der Waals surface area contributed by atoms with Crippen molar-refractivity contribution in [3.63, 3.8) is 0 Å². The molecule has 6 heteroatoms. The molecule has 0 aliphatic carbocycles. The van der Waals surface area contributed by atoms with E-state index in [1.54, 1.807) is 37.3 Å². The molecule has 0 aliphatic rings. The number of hydrogen-bond donors (Lipinski definition) is 1. The van der Waals surface area contributed by atoms with Crippen molar-refractivity contribution in [1.82, 2.24) is 0 Å². The lowest BCUT2D eigenvalue weighted by atomic mass is 10.1. The highest BCUT2D eigenvalue weighted by Crippen LogP contribution is 2.22. The zero-order chi connectivity index (χ0) is 18.0. The quantitative estimate of drug-likeness (QED) is 0.737. The fourth-order valence-corrected chi connectivity index (χ4v) is 2.41. The Labute approximate surface area is 143 Å². The molecule has 128 valence electrons. The summed E-state index contributed by atoms with van der Waals surface area (Å²) in [5.74, 6) is -0.417. The Balaban J connectivity index is 1.68. The van der Waals surface area contributed by atoms with Crippen molar-refractivity contribution in [2.45, 2.75) is 13.8 Å². The van der Waals surface area contributed by atoms with Gasteiger partial charge in [0.25, 0.3) is 5.91 Å². The number of benzene rings is 2. The summed E-state index contributed by atoms with van der Waals surface area (Å²) in [4.78, 5) is 23.4. The van der Waals surface area contributed by atoms with Gasteiger partial charge in [0.1, 0.15) is 17.1 Å². The molecule has 0 aliphatic heterocycles. The summed E-state index contributed by atoms with van der Waals surface area (Å²) >= 11 is 0. The number of hydrogen-bond acceptors (Lipinski definition) is 4. The Morgan fingerprint density at radius 1 is 1.12 bits per heavy atom. The standard InChI is InChI=1S/C19H16FNO4/c1-11-3-4-13(8-16(11)20)21-18(22)10-24-14-5-6-15-12(2)7-19(23)25-17(15)9-14/h3-9H,10H2,1-2H3,(H,21,22). The van der Waals surface area contributed by atoms with Gasteiger partial charge in [-0.1, -0.05) is 6.07 Å². The summed E-state index contributed by atoms with van der Waals surface area (Å²) in [6, 6.07) is 10.9. The van der Waals surface area contributed by atoms with Crippen LogP contribution in [0.4, 0.5) is 10.1 Å². The van der Waals surface area contributed by atoms with Crippen LogP contribution in [0.5, 0.6) is 5.75 Å². The van der Waals surface area contributed by atoms with Crippen LogP contribution < -0.4 is 15.7 Å². The maximum absolute atomic E-state index is 13.5. The number of carbonyl (C=O) groups is 1. The smallest absolute Gasteiger partial charge is 0.336 e. The number of anilines is 1. The minimum absolute atomic E-state index is 0.253. The number of halogens is 1. The van der Waals surface area contributed by atoms with Crippen LogP contribution >= 0.6 is 0 Å². The topological polar surface area (TPSA) is 68.5 Å². The second-order valence-corrected chi connectivity index (χ2v) is 5.71. The predicted octanol–water partition coefficient (Wildman–Crippen LogP) is 3.57. The van der Waals surface area contributed by atoms with E-state index in [0.29, 0.717) is 22.6 Å². The van der Waals surface area contributed by atoms with E-state index < -0.39 is 17.3 Å². The zero-order valence-electron chi connectivity index (χ0n) is 13.8. The van der Waals surface area contributed by atoms with Crippen LogP contribution in [0.3, 0.4) is 0 Å². The van der Waals surface area contributed by atoms with Crippen LogP contribution in [-0.2, 0) is 4.79 Å². The molecule has 3 rings (SSSR count). The van der Waals surface area contributed by atoms with Crippen LogP contribution in [0.1, 0.15) is 11.1 Å². The van der Waals surface area contributed by atoms with Crippen molar-refractivity contribution in [2.24, 2.45) is 0 Å². The SMILES string of the molecule is Cc1ccc(NC(=O)COc2ccc3c(C)cc(=O)oc3c2)cc1F. The number of aryl methyl sites for hydroxylation is 2. The number of amides is 1. The van der Waals surface area contributed by atoms with E-state index in [4.69, 9.17) is 9.15 Å². The molecule has 0 bridgehead atoms. The summed E-state index contributed by atoms with van der Waals surface area (Å²) in [6.07, 6.45) is 0. The third-order valence-electron chi connectivity index (χ3n) is 3.75. The maximum Gasteiger partial charge on any atom is 0.336 e. The molecule has 1 heterocycles. The highest BCUT2D eigenvalue weighted by Gasteiger charge is 2.08. The van der Waals surface area contributed by atoms with Crippen LogP contribution in [0.15, 0.2) is 51.7 Å². The van der Waals surface area contributed by atoms with Gasteiger partial charge in [-0.25, -0.2) is 9.18 Å². The Kier molecular flexibility index (Phi) is 4.52. The number of nitrogens with one attached hydrogen (secondary N) is 1. The molecule has 0 atom stereocenters. The Hall–Kier alpha value is -3.15. The van der Waals surface area contributed by atoms with Crippen LogP contribution in [0, 0.1) is 19.7 Å². The average molecular weight is 341 g/mol. The molecule has 0 saturated heterocycles. The molecule has 5 nitrogen and oxygen atoms in total. The van der Waals surface area contributed by atoms with Gasteiger partial charge in [-0.3, -0.25) is 4.79 Å². The summed E-state index contributed by atoms with van der Waals surface area (Å²) in [5, 5.41) is 3.36. The molecule has 1 amide bonds. The molecular weight excluding hydrogens is 325 g/mol. The predicted molar refractivity (Wildman–Crippen MR) is 92.5 cm³/mol. The van der Waals surface area contributed by atoms with Crippen molar-refractivity contribution in [2.75, 3.05) is 11.9 Å². The molecule has 0 spiro atoms. The van der Waals surface area contributed by atoms with Gasteiger partial charge in [0.2, 0.25) is 0 Å². The van der Waals surface area contributed by atoms with Gasteiger partial charge in [0.05, 0.1) is 0 Å². The van der Waals surface area contributed by atoms with Gasteiger partial charge in [0, 0.05) is 23.2 Å². The van der Waals surface area contributed by atoms with Crippen LogP contribution in [0.25, 0.3) is 11.0 Å². The number of rotatable bonds is 4. The third kappa shape index (κ3) is 3.85. The number of ether oxygens (including phenoxy) is 1. The first-order valence-corrected chi connectivity index (χ1v) is 7.66. The molecule has 0 saturated carbocycles. The van der Waals surface area contributed by atoms with E-state index in [-0.39, 0.29) is 6.61 Å². The summed E-state index contributed by atoms with van der Waals surface area (Å²) in [7, 11) is 0. The zero-order valence-corrected chi connectivity index (χ0v) is 13.8. The first-order chi connectivity index (χ1) is 11.9. The third-order valence-corrected chi connectivity index (χ3v) is 3.75. The molecule has 0 unspecified atom stereocenters. The summed E-state index contributed by atoms with van der Waals surface area (Å²) in [5.41, 5.74) is 1.61. The maximum atomic E-state index is 13.5. The van der Waals surface area contributed by atoms with Gasteiger partial charge in [0.15, 0.2) is 6.61 Å². The highest BCUT2D eigenvalue weighted by atomic mass is 19.1. The first-order valence-electron chi connectivity index (χ1n) is 7.66. The van der Waals surface area contributed by atoms with Gasteiger partial charge < -0.3 is 14.5 Å². The monoisotopic (exact) mass is 341 g/mol. The number of carbonyl (C=O) groups excluding carboxylic acids is 1. The van der Waals surface area contributed by atoms with Crippen molar-refractivity contribution >= 4 is 22.6 Å². The largest absolute Gasteiger partial charge is 0.484 e. The first kappa shape index (κ1) is 16.7. The molecule has 3 aromatic rings. The summed E-state index contributed by atoms with van der Waals surface area (Å²) < 4.78 is 24.0. The summed E-state index contributed by atoms with van der Waals surface area (Å²) in [6.45, 7) is 3.20. The minimum atomic E-state index is -0.443. The van der Waals surface area contributed by atoms with Gasteiger partial charge >= 0.3 is 5.63 Å². The molecule has 25 heavy (non-hydrogen) atoms. The van der Waals surface area contributed by atoms with E-state index in [1.807, 2.05) is 6.92 Å². The number of fused-ring (bicyclic) bond motifs is 1. The molecule has 1 N–H and O–H groups in total. The Morgan fingerprint density at radius 3 is 2.68 bits per heavy atom. The average Bonchev–Trinajstić information content (AvgIpc) is 2.56. The van der Waals surface area contributed by atoms with E-state index in [1.165, 1.54) is 12.1 Å². The highest BCUT2D eigenvalue weighted by molar-refractivity contribution is 5.92.